The van der Waals surface area contributed by atoms with Crippen LogP contribution in [0.3, 0.4) is 0 Å². The Morgan fingerprint density at radius 2 is 1.97 bits per heavy atom. The van der Waals surface area contributed by atoms with E-state index in [1.165, 1.54) is 0 Å². The van der Waals surface area contributed by atoms with Crippen molar-refractivity contribution in [2.45, 2.75) is 34.2 Å². The number of aromatic nitrogens is 1. The zero-order valence-corrected chi connectivity index (χ0v) is 17.3. The highest BCUT2D eigenvalue weighted by atomic mass is 16.3. The number of nitrogens with zero attached hydrogens (tertiary/aromatic N) is 3. The first-order valence-electron chi connectivity index (χ1n) is 9.68. The lowest BCUT2D eigenvalue weighted by atomic mass is 10.1. The van der Waals surface area contributed by atoms with Crippen LogP contribution in [0, 0.1) is 32.1 Å². The summed E-state index contributed by atoms with van der Waals surface area (Å²) in [6, 6.07) is 13.9. The van der Waals surface area contributed by atoms with Crippen molar-refractivity contribution in [3.05, 3.63) is 70.8 Å². The van der Waals surface area contributed by atoms with Crippen LogP contribution < -0.4 is 10.2 Å². The Bertz CT molecular complexity index is 1040. The average molecular weight is 390 g/mol. The van der Waals surface area contributed by atoms with Crippen LogP contribution in [0.2, 0.25) is 0 Å². The number of amides is 1. The third-order valence-corrected chi connectivity index (χ3v) is 5.27. The number of aryl methyl sites for hydroxylation is 1. The molecule has 2 heterocycles. The van der Waals surface area contributed by atoms with Crippen molar-refractivity contribution in [2.24, 2.45) is 0 Å². The van der Waals surface area contributed by atoms with Crippen molar-refractivity contribution in [3.63, 3.8) is 0 Å². The predicted molar refractivity (Wildman–Crippen MR) is 114 cm³/mol. The van der Waals surface area contributed by atoms with Gasteiger partial charge < -0.3 is 19.2 Å². The molecule has 3 aromatic rings. The molecular weight excluding hydrogens is 364 g/mol. The topological polar surface area (TPSA) is 74.2 Å². The standard InChI is InChI=1S/C23H26N4O2/c1-5-26(21-11-7-6-9-16(21)2)15-22(28)25-23-20(13-24)17(3)18(4)27(23)14-19-10-8-12-29-19/h6-12H,5,14-15H2,1-4H3,(H,25,28). The molecule has 0 atom stereocenters. The molecule has 1 N–H and O–H groups in total. The Morgan fingerprint density at radius 1 is 1.21 bits per heavy atom. The number of rotatable bonds is 7. The second kappa shape index (κ2) is 8.70. The van der Waals surface area contributed by atoms with Gasteiger partial charge in [0.25, 0.3) is 0 Å². The van der Waals surface area contributed by atoms with E-state index in [0.717, 1.165) is 28.3 Å². The van der Waals surface area contributed by atoms with E-state index in [9.17, 15) is 10.1 Å². The van der Waals surface area contributed by atoms with Gasteiger partial charge >= 0.3 is 0 Å². The summed E-state index contributed by atoms with van der Waals surface area (Å²) in [6.07, 6.45) is 1.62. The van der Waals surface area contributed by atoms with Crippen molar-refractivity contribution >= 4 is 17.4 Å². The number of anilines is 2. The smallest absolute Gasteiger partial charge is 0.245 e. The van der Waals surface area contributed by atoms with E-state index < -0.39 is 0 Å². The van der Waals surface area contributed by atoms with E-state index in [-0.39, 0.29) is 12.5 Å². The minimum absolute atomic E-state index is 0.162. The Balaban J connectivity index is 1.87. The molecule has 1 amide bonds. The summed E-state index contributed by atoms with van der Waals surface area (Å²) < 4.78 is 7.39. The van der Waals surface area contributed by atoms with Crippen LogP contribution >= 0.6 is 0 Å². The molecule has 6 heteroatoms. The molecule has 1 aromatic carbocycles. The summed E-state index contributed by atoms with van der Waals surface area (Å²) in [5, 5.41) is 12.6. The maximum Gasteiger partial charge on any atom is 0.245 e. The fraction of sp³-hybridized carbons (Fsp3) is 0.304. The molecule has 3 rings (SSSR count). The molecule has 0 aliphatic carbocycles. The first-order valence-corrected chi connectivity index (χ1v) is 9.68. The van der Waals surface area contributed by atoms with E-state index in [1.807, 2.05) is 73.6 Å². The van der Waals surface area contributed by atoms with Gasteiger partial charge in [0.05, 0.1) is 24.9 Å². The van der Waals surface area contributed by atoms with Crippen molar-refractivity contribution in [1.82, 2.24) is 4.57 Å². The number of nitrogens with one attached hydrogen (secondary N) is 1. The summed E-state index contributed by atoms with van der Waals surface area (Å²) in [5.41, 5.74) is 4.43. The number of benzene rings is 1. The lowest BCUT2D eigenvalue weighted by Gasteiger charge is -2.24. The first-order chi connectivity index (χ1) is 14.0. The maximum atomic E-state index is 12.9. The van der Waals surface area contributed by atoms with Crippen LogP contribution in [0.25, 0.3) is 0 Å². The quantitative estimate of drug-likeness (QED) is 0.649. The highest BCUT2D eigenvalue weighted by Crippen LogP contribution is 2.28. The van der Waals surface area contributed by atoms with Gasteiger partial charge in [0.15, 0.2) is 0 Å². The largest absolute Gasteiger partial charge is 0.467 e. The molecule has 2 aromatic heterocycles. The van der Waals surface area contributed by atoms with Gasteiger partial charge in [-0.3, -0.25) is 4.79 Å². The molecule has 0 aliphatic rings. The number of likely N-dealkylation sites (N-methyl/N-ethyl adjacent to an activating group) is 1. The molecule has 6 nitrogen and oxygen atoms in total. The normalized spacial score (nSPS) is 10.6. The van der Waals surface area contributed by atoms with Crippen LogP contribution in [0.1, 0.15) is 35.1 Å². The van der Waals surface area contributed by atoms with Gasteiger partial charge in [-0.15, -0.1) is 0 Å². The van der Waals surface area contributed by atoms with E-state index in [4.69, 9.17) is 4.42 Å². The molecule has 0 fully saturated rings. The fourth-order valence-electron chi connectivity index (χ4n) is 3.52. The fourth-order valence-corrected chi connectivity index (χ4v) is 3.52. The average Bonchev–Trinajstić information content (AvgIpc) is 3.30. The third-order valence-electron chi connectivity index (χ3n) is 5.27. The molecule has 0 spiro atoms. The summed E-state index contributed by atoms with van der Waals surface area (Å²) >= 11 is 0. The SMILES string of the molecule is CCN(CC(=O)Nc1c(C#N)c(C)c(C)n1Cc1ccco1)c1ccccc1C. The van der Waals surface area contributed by atoms with Gasteiger partial charge in [0.1, 0.15) is 17.6 Å². The minimum atomic E-state index is -0.162. The Morgan fingerprint density at radius 3 is 2.59 bits per heavy atom. The van der Waals surface area contributed by atoms with Crippen LogP contribution in [-0.2, 0) is 11.3 Å². The van der Waals surface area contributed by atoms with Gasteiger partial charge in [-0.25, -0.2) is 0 Å². The molecule has 0 aliphatic heterocycles. The molecule has 0 saturated carbocycles. The highest BCUT2D eigenvalue weighted by Gasteiger charge is 2.21. The van der Waals surface area contributed by atoms with Gasteiger partial charge in [0, 0.05) is 17.9 Å². The lowest BCUT2D eigenvalue weighted by molar-refractivity contribution is -0.115. The Labute approximate surface area is 171 Å². The number of hydrogen-bond acceptors (Lipinski definition) is 4. The molecule has 29 heavy (non-hydrogen) atoms. The highest BCUT2D eigenvalue weighted by molar-refractivity contribution is 5.95. The second-order valence-corrected chi connectivity index (χ2v) is 7.06. The summed E-state index contributed by atoms with van der Waals surface area (Å²) in [6.45, 7) is 9.25. The van der Waals surface area contributed by atoms with Crippen molar-refractivity contribution < 1.29 is 9.21 Å². The monoisotopic (exact) mass is 390 g/mol. The molecule has 0 radical (unpaired) electrons. The number of para-hydroxylation sites is 1. The van der Waals surface area contributed by atoms with E-state index >= 15 is 0 Å². The molecule has 0 unspecified atom stereocenters. The maximum absolute atomic E-state index is 12.9. The van der Waals surface area contributed by atoms with Crippen molar-refractivity contribution in [2.75, 3.05) is 23.3 Å². The second-order valence-electron chi connectivity index (χ2n) is 7.06. The van der Waals surface area contributed by atoms with E-state index in [2.05, 4.69) is 11.4 Å². The van der Waals surface area contributed by atoms with Crippen LogP contribution in [0.5, 0.6) is 0 Å². The Hall–Kier alpha value is -3.46. The van der Waals surface area contributed by atoms with Gasteiger partial charge in [-0.05, 0) is 57.0 Å². The van der Waals surface area contributed by atoms with E-state index in [1.54, 1.807) is 6.26 Å². The summed E-state index contributed by atoms with van der Waals surface area (Å²) in [7, 11) is 0. The zero-order chi connectivity index (χ0) is 21.0. The number of nitriles is 1. The number of hydrogen-bond donors (Lipinski definition) is 1. The van der Waals surface area contributed by atoms with Crippen LogP contribution in [0.15, 0.2) is 47.1 Å². The minimum Gasteiger partial charge on any atom is -0.467 e. The Kier molecular flexibility index (Phi) is 6.08. The number of carbonyl (C=O) groups excluding carboxylic acids is 1. The van der Waals surface area contributed by atoms with E-state index in [0.29, 0.717) is 24.5 Å². The zero-order valence-electron chi connectivity index (χ0n) is 17.3. The third kappa shape index (κ3) is 4.19. The predicted octanol–water partition coefficient (Wildman–Crippen LogP) is 4.39. The molecular formula is C23H26N4O2. The summed E-state index contributed by atoms with van der Waals surface area (Å²) in [5.74, 6) is 1.12. The number of furan rings is 1. The first kappa shape index (κ1) is 20.3. The van der Waals surface area contributed by atoms with Gasteiger partial charge in [-0.1, -0.05) is 18.2 Å². The lowest BCUT2D eigenvalue weighted by Crippen LogP contribution is -2.34. The summed E-state index contributed by atoms with van der Waals surface area (Å²) in [4.78, 5) is 14.9. The molecule has 150 valence electrons. The van der Waals surface area contributed by atoms with Gasteiger partial charge in [-0.2, -0.15) is 5.26 Å². The number of carbonyl (C=O) groups is 1. The molecule has 0 saturated heterocycles. The molecule has 0 bridgehead atoms. The van der Waals surface area contributed by atoms with Crippen molar-refractivity contribution in [3.8, 4) is 6.07 Å². The van der Waals surface area contributed by atoms with Crippen LogP contribution in [0.4, 0.5) is 11.5 Å². The van der Waals surface area contributed by atoms with Crippen LogP contribution in [-0.4, -0.2) is 23.6 Å². The van der Waals surface area contributed by atoms with Gasteiger partial charge in [0.2, 0.25) is 5.91 Å². The van der Waals surface area contributed by atoms with Crippen molar-refractivity contribution in [1.29, 1.82) is 5.26 Å².